The summed E-state index contributed by atoms with van der Waals surface area (Å²) in [5, 5.41) is 4.15. The second-order valence-electron chi connectivity index (χ2n) is 9.06. The van der Waals surface area contributed by atoms with Gasteiger partial charge >= 0.3 is 6.09 Å². The number of nitrogens with one attached hydrogen (secondary N) is 1. The summed E-state index contributed by atoms with van der Waals surface area (Å²) in [6, 6.07) is 14.4. The molecular formula is C26H31N3O4S. The zero-order valence-corrected chi connectivity index (χ0v) is 20.5. The number of carbonyl (C=O) groups is 1. The highest BCUT2D eigenvalue weighted by atomic mass is 32.1. The van der Waals surface area contributed by atoms with Crippen molar-refractivity contribution in [2.75, 3.05) is 33.9 Å². The van der Waals surface area contributed by atoms with Gasteiger partial charge < -0.3 is 24.4 Å². The molecule has 0 bridgehead atoms. The molecule has 34 heavy (non-hydrogen) atoms. The van der Waals surface area contributed by atoms with Crippen molar-refractivity contribution < 1.29 is 19.0 Å². The van der Waals surface area contributed by atoms with Crippen LogP contribution in [0.3, 0.4) is 0 Å². The van der Waals surface area contributed by atoms with Crippen LogP contribution in [0.4, 0.5) is 4.79 Å². The molecule has 2 aromatic rings. The van der Waals surface area contributed by atoms with Crippen LogP contribution in [-0.2, 0) is 17.6 Å². The number of hydrogen-bond donors (Lipinski definition) is 1. The summed E-state index contributed by atoms with van der Waals surface area (Å²) in [5.74, 6) is 1.66. The van der Waals surface area contributed by atoms with Crippen LogP contribution in [-0.4, -0.2) is 67.0 Å². The van der Waals surface area contributed by atoms with Crippen LogP contribution >= 0.6 is 12.2 Å². The topological polar surface area (TPSA) is 63.3 Å². The Bertz CT molecular complexity index is 1070. The normalized spacial score (nSPS) is 21.6. The highest BCUT2D eigenvalue weighted by Gasteiger charge is 2.50. The van der Waals surface area contributed by atoms with Gasteiger partial charge in [0.2, 0.25) is 0 Å². The molecule has 1 aliphatic carbocycles. The fourth-order valence-electron chi connectivity index (χ4n) is 5.49. The van der Waals surface area contributed by atoms with Gasteiger partial charge in [-0.2, -0.15) is 0 Å². The van der Waals surface area contributed by atoms with E-state index in [9.17, 15) is 4.79 Å². The molecule has 0 aromatic heterocycles. The molecule has 2 fully saturated rings. The van der Waals surface area contributed by atoms with Crippen molar-refractivity contribution >= 4 is 23.4 Å². The number of thiocarbonyl (C=S) groups is 1. The molecule has 2 saturated heterocycles. The molecule has 2 aromatic carbocycles. The van der Waals surface area contributed by atoms with Crippen LogP contribution in [0.5, 0.6) is 11.5 Å². The molecule has 2 heterocycles. The number of nitrogens with zero attached hydrogens (tertiary/aromatic N) is 2. The van der Waals surface area contributed by atoms with E-state index in [1.807, 2.05) is 23.1 Å². The molecule has 2 atom stereocenters. The Labute approximate surface area is 206 Å². The van der Waals surface area contributed by atoms with Crippen LogP contribution in [0, 0.1) is 0 Å². The van der Waals surface area contributed by atoms with Crippen molar-refractivity contribution in [3.05, 3.63) is 59.2 Å². The minimum Gasteiger partial charge on any atom is -0.497 e. The van der Waals surface area contributed by atoms with E-state index in [1.165, 1.54) is 11.1 Å². The van der Waals surface area contributed by atoms with Crippen molar-refractivity contribution in [3.8, 4) is 11.5 Å². The van der Waals surface area contributed by atoms with Gasteiger partial charge in [-0.3, -0.25) is 4.90 Å². The summed E-state index contributed by atoms with van der Waals surface area (Å²) in [4.78, 5) is 16.9. The van der Waals surface area contributed by atoms with Crippen LogP contribution in [0.15, 0.2) is 42.5 Å². The number of benzene rings is 2. The average Bonchev–Trinajstić information content (AvgIpc) is 3.38. The summed E-state index contributed by atoms with van der Waals surface area (Å²) in [6.45, 7) is 2.35. The van der Waals surface area contributed by atoms with Crippen LogP contribution in [0.2, 0.25) is 0 Å². The van der Waals surface area contributed by atoms with Crippen molar-refractivity contribution in [2.24, 2.45) is 0 Å². The Balaban J connectivity index is 1.15. The van der Waals surface area contributed by atoms with Gasteiger partial charge in [0, 0.05) is 32.1 Å². The van der Waals surface area contributed by atoms with Crippen LogP contribution in [0.25, 0.3) is 0 Å². The van der Waals surface area contributed by atoms with E-state index < -0.39 is 0 Å². The van der Waals surface area contributed by atoms with Crippen molar-refractivity contribution in [1.29, 1.82) is 0 Å². The summed E-state index contributed by atoms with van der Waals surface area (Å²) >= 11 is 5.68. The summed E-state index contributed by atoms with van der Waals surface area (Å²) in [7, 11) is 3.34. The Kier molecular flexibility index (Phi) is 6.50. The first-order valence-corrected chi connectivity index (χ1v) is 12.3. The fourth-order valence-corrected chi connectivity index (χ4v) is 5.78. The van der Waals surface area contributed by atoms with E-state index >= 15 is 0 Å². The number of piperidine rings is 1. The molecule has 1 amide bonds. The number of fused-ring (bicyclic) bond motifs is 3. The third kappa shape index (κ3) is 4.27. The first-order valence-electron chi connectivity index (χ1n) is 11.9. The Morgan fingerprint density at radius 3 is 2.71 bits per heavy atom. The van der Waals surface area contributed by atoms with Crippen LogP contribution < -0.4 is 14.8 Å². The number of rotatable bonds is 6. The maximum Gasteiger partial charge on any atom is 0.411 e. The maximum atomic E-state index is 12.7. The lowest BCUT2D eigenvalue weighted by Gasteiger charge is -2.38. The Morgan fingerprint density at radius 2 is 1.94 bits per heavy atom. The zero-order chi connectivity index (χ0) is 23.7. The average molecular weight is 482 g/mol. The van der Waals surface area contributed by atoms with E-state index in [0.29, 0.717) is 6.54 Å². The van der Waals surface area contributed by atoms with E-state index in [-0.39, 0.29) is 24.3 Å². The quantitative estimate of drug-likeness (QED) is 0.631. The Hall–Kier alpha value is -3.00. The van der Waals surface area contributed by atoms with Gasteiger partial charge in [-0.15, -0.1) is 0 Å². The predicted octanol–water partition coefficient (Wildman–Crippen LogP) is 3.70. The molecule has 5 rings (SSSR count). The highest BCUT2D eigenvalue weighted by molar-refractivity contribution is 7.80. The van der Waals surface area contributed by atoms with Crippen molar-refractivity contribution in [1.82, 2.24) is 15.1 Å². The van der Waals surface area contributed by atoms with Crippen molar-refractivity contribution in [2.45, 2.75) is 43.9 Å². The molecule has 7 nitrogen and oxygen atoms in total. The standard InChI is InChI=1S/C26H31N3O4S/c1-31-20-7-8-22(32-2)18(15-20)9-12-27-25(34)28-13-10-19(11-14-28)29-24-21-6-4-3-5-17(21)16-23(24)33-26(29)30/h3-8,15,19,23-24H,9-14,16H2,1-2H3,(H,27,34). The molecule has 0 radical (unpaired) electrons. The predicted molar refractivity (Wildman–Crippen MR) is 133 cm³/mol. The highest BCUT2D eigenvalue weighted by Crippen LogP contribution is 2.44. The zero-order valence-electron chi connectivity index (χ0n) is 19.7. The molecule has 2 aliphatic heterocycles. The fraction of sp³-hybridized carbons (Fsp3) is 0.462. The van der Waals surface area contributed by atoms with Crippen molar-refractivity contribution in [3.63, 3.8) is 0 Å². The summed E-state index contributed by atoms with van der Waals surface area (Å²) < 4.78 is 16.6. The Morgan fingerprint density at radius 1 is 1.15 bits per heavy atom. The number of hydrogen-bond acceptors (Lipinski definition) is 5. The van der Waals surface area contributed by atoms with E-state index in [4.69, 9.17) is 26.4 Å². The van der Waals surface area contributed by atoms with Gasteiger partial charge in [0.05, 0.1) is 20.3 Å². The minimum atomic E-state index is -0.170. The van der Waals surface area contributed by atoms with E-state index in [2.05, 4.69) is 34.5 Å². The number of methoxy groups -OCH3 is 2. The molecule has 3 aliphatic rings. The molecule has 8 heteroatoms. The first-order chi connectivity index (χ1) is 16.6. The van der Waals surface area contributed by atoms with Gasteiger partial charge in [0.1, 0.15) is 17.6 Å². The monoisotopic (exact) mass is 481 g/mol. The first kappa shape index (κ1) is 22.8. The minimum absolute atomic E-state index is 0.0446. The number of carbonyl (C=O) groups excluding carboxylic acids is 1. The molecule has 1 N–H and O–H groups in total. The maximum absolute atomic E-state index is 12.7. The third-order valence-corrected chi connectivity index (χ3v) is 7.62. The number of amides is 1. The molecular weight excluding hydrogens is 450 g/mol. The van der Waals surface area contributed by atoms with Gasteiger partial charge in [0.25, 0.3) is 0 Å². The lowest BCUT2D eigenvalue weighted by Crippen LogP contribution is -2.50. The van der Waals surface area contributed by atoms with Crippen LogP contribution in [0.1, 0.15) is 35.6 Å². The molecule has 180 valence electrons. The lowest BCUT2D eigenvalue weighted by molar-refractivity contribution is 0.118. The SMILES string of the molecule is COc1ccc(OC)c(CCNC(=S)N2CCC(N3C(=O)OC4Cc5ccccc5C43)CC2)c1. The molecule has 2 unspecified atom stereocenters. The van der Waals surface area contributed by atoms with Gasteiger partial charge in [-0.1, -0.05) is 24.3 Å². The largest absolute Gasteiger partial charge is 0.497 e. The second kappa shape index (κ2) is 9.70. The number of likely N-dealkylation sites (tertiary alicyclic amines) is 1. The summed E-state index contributed by atoms with van der Waals surface area (Å²) in [5.41, 5.74) is 3.62. The molecule has 0 spiro atoms. The summed E-state index contributed by atoms with van der Waals surface area (Å²) in [6.07, 6.45) is 3.13. The third-order valence-electron chi connectivity index (χ3n) is 7.21. The van der Waals surface area contributed by atoms with Gasteiger partial charge in [-0.05, 0) is 66.4 Å². The lowest BCUT2D eigenvalue weighted by atomic mass is 9.99. The van der Waals surface area contributed by atoms with E-state index in [1.54, 1.807) is 14.2 Å². The molecule has 0 saturated carbocycles. The smallest absolute Gasteiger partial charge is 0.411 e. The van der Waals surface area contributed by atoms with E-state index in [0.717, 1.165) is 60.9 Å². The second-order valence-corrected chi connectivity index (χ2v) is 9.44. The van der Waals surface area contributed by atoms with Gasteiger partial charge in [-0.25, -0.2) is 4.79 Å². The number of ether oxygens (including phenoxy) is 3. The van der Waals surface area contributed by atoms with Gasteiger partial charge in [0.15, 0.2) is 5.11 Å².